The number of nitrogens with zero attached hydrogens (tertiary/aromatic N) is 1. The summed E-state index contributed by atoms with van der Waals surface area (Å²) < 4.78 is 36.8. The number of carboxylic acids is 1. The Labute approximate surface area is 129 Å². The van der Waals surface area contributed by atoms with Crippen LogP contribution in [-0.2, 0) is 26.2 Å². The number of ether oxygens (including phenoxy) is 2. The molecule has 0 aromatic heterocycles. The lowest BCUT2D eigenvalue weighted by atomic mass is 10.2. The minimum Gasteiger partial charge on any atom is -0.495 e. The summed E-state index contributed by atoms with van der Waals surface area (Å²) in [5, 5.41) is 9.20. The van der Waals surface area contributed by atoms with Gasteiger partial charge in [-0.1, -0.05) is 6.07 Å². The largest absolute Gasteiger partial charge is 0.495 e. The number of hydrogen-bond donors (Lipinski definition) is 1. The third kappa shape index (κ3) is 3.08. The Morgan fingerprint density at radius 2 is 2.14 bits per heavy atom. The highest BCUT2D eigenvalue weighted by Crippen LogP contribution is 2.32. The van der Waals surface area contributed by atoms with Crippen molar-refractivity contribution < 1.29 is 27.8 Å². The number of sulfonamides is 1. The number of methoxy groups -OCH3 is 2. The predicted octanol–water partition coefficient (Wildman–Crippen LogP) is 1.08. The fourth-order valence-electron chi connectivity index (χ4n) is 2.58. The molecule has 2 rings (SSSR count). The van der Waals surface area contributed by atoms with Crippen LogP contribution in [0, 0.1) is 0 Å². The number of hydrogen-bond acceptors (Lipinski definition) is 5. The van der Waals surface area contributed by atoms with Crippen LogP contribution in [0.2, 0.25) is 0 Å². The van der Waals surface area contributed by atoms with Crippen molar-refractivity contribution in [1.29, 1.82) is 0 Å². The molecular weight excluding hydrogens is 310 g/mol. The molecule has 122 valence electrons. The van der Waals surface area contributed by atoms with Crippen LogP contribution in [-0.4, -0.2) is 50.6 Å². The summed E-state index contributed by atoms with van der Waals surface area (Å²) in [6.45, 7) is 0.450. The molecule has 1 atom stereocenters. The highest BCUT2D eigenvalue weighted by molar-refractivity contribution is 7.89. The quantitative estimate of drug-likeness (QED) is 0.839. The minimum atomic E-state index is -3.94. The first-order valence-corrected chi connectivity index (χ1v) is 8.26. The number of rotatable bonds is 6. The van der Waals surface area contributed by atoms with Gasteiger partial charge in [0.2, 0.25) is 10.0 Å². The molecule has 1 aromatic carbocycles. The van der Waals surface area contributed by atoms with Gasteiger partial charge in [-0.05, 0) is 30.5 Å². The Balaban J connectivity index is 2.48. The fourth-order valence-corrected chi connectivity index (χ4v) is 4.44. The summed E-state index contributed by atoms with van der Waals surface area (Å²) in [7, 11) is -1.05. The standard InChI is InChI=1S/C14H19NO6S/c1-20-9-10-5-6-12(21-2)13(8-10)22(18,19)15-7-3-4-11(15)14(16)17/h5-6,8,11H,3-4,7,9H2,1-2H3,(H,16,17)/t11-/m1/s1. The van der Waals surface area contributed by atoms with Gasteiger partial charge in [0.1, 0.15) is 16.7 Å². The maximum Gasteiger partial charge on any atom is 0.322 e. The zero-order chi connectivity index (χ0) is 16.3. The third-order valence-electron chi connectivity index (χ3n) is 3.61. The summed E-state index contributed by atoms with van der Waals surface area (Å²) in [6, 6.07) is 3.70. The Hall–Kier alpha value is -1.64. The lowest BCUT2D eigenvalue weighted by molar-refractivity contribution is -0.140. The van der Waals surface area contributed by atoms with Crippen molar-refractivity contribution in [2.24, 2.45) is 0 Å². The first-order chi connectivity index (χ1) is 10.4. The Bertz CT molecular complexity index is 657. The van der Waals surface area contributed by atoms with Crippen LogP contribution < -0.4 is 4.74 Å². The number of benzene rings is 1. The highest BCUT2D eigenvalue weighted by atomic mass is 32.2. The van der Waals surface area contributed by atoms with E-state index in [1.165, 1.54) is 20.3 Å². The molecule has 1 heterocycles. The average molecular weight is 329 g/mol. The van der Waals surface area contributed by atoms with Gasteiger partial charge in [-0.2, -0.15) is 4.31 Å². The third-order valence-corrected chi connectivity index (χ3v) is 5.54. The van der Waals surface area contributed by atoms with E-state index in [9.17, 15) is 18.3 Å². The van der Waals surface area contributed by atoms with Gasteiger partial charge in [0.15, 0.2) is 0 Å². The van der Waals surface area contributed by atoms with E-state index in [-0.39, 0.29) is 23.8 Å². The van der Waals surface area contributed by atoms with E-state index < -0.39 is 22.0 Å². The second-order valence-corrected chi connectivity index (χ2v) is 6.89. The monoisotopic (exact) mass is 329 g/mol. The molecule has 1 aromatic rings. The van der Waals surface area contributed by atoms with Crippen LogP contribution >= 0.6 is 0 Å². The van der Waals surface area contributed by atoms with Crippen LogP contribution in [0.15, 0.2) is 23.1 Å². The minimum absolute atomic E-state index is 0.0299. The van der Waals surface area contributed by atoms with Crippen molar-refractivity contribution in [1.82, 2.24) is 4.31 Å². The first kappa shape index (κ1) is 16.7. The smallest absolute Gasteiger partial charge is 0.322 e. The van der Waals surface area contributed by atoms with Gasteiger partial charge in [-0.25, -0.2) is 8.42 Å². The molecule has 0 aliphatic carbocycles. The van der Waals surface area contributed by atoms with E-state index in [0.29, 0.717) is 18.4 Å². The molecule has 0 amide bonds. The van der Waals surface area contributed by atoms with E-state index >= 15 is 0 Å². The van der Waals surface area contributed by atoms with Crippen LogP contribution in [0.5, 0.6) is 5.75 Å². The molecule has 22 heavy (non-hydrogen) atoms. The Kier molecular flexibility index (Phi) is 5.05. The molecular formula is C14H19NO6S. The van der Waals surface area contributed by atoms with E-state index in [4.69, 9.17) is 9.47 Å². The zero-order valence-corrected chi connectivity index (χ0v) is 13.3. The molecule has 1 saturated heterocycles. The summed E-state index contributed by atoms with van der Waals surface area (Å²) >= 11 is 0. The second kappa shape index (κ2) is 6.64. The topological polar surface area (TPSA) is 93.1 Å². The van der Waals surface area contributed by atoms with E-state index in [1.807, 2.05) is 0 Å². The van der Waals surface area contributed by atoms with Crippen LogP contribution in [0.25, 0.3) is 0 Å². The maximum absolute atomic E-state index is 12.8. The van der Waals surface area contributed by atoms with Gasteiger partial charge in [0.25, 0.3) is 0 Å². The molecule has 0 spiro atoms. The molecule has 1 N–H and O–H groups in total. The lowest BCUT2D eigenvalue weighted by Gasteiger charge is -2.22. The molecule has 8 heteroatoms. The maximum atomic E-state index is 12.8. The molecule has 0 unspecified atom stereocenters. The fraction of sp³-hybridized carbons (Fsp3) is 0.500. The molecule has 1 fully saturated rings. The van der Waals surface area contributed by atoms with E-state index in [1.54, 1.807) is 12.1 Å². The molecule has 0 radical (unpaired) electrons. The van der Waals surface area contributed by atoms with Gasteiger partial charge < -0.3 is 14.6 Å². The van der Waals surface area contributed by atoms with Gasteiger partial charge in [0.05, 0.1) is 13.7 Å². The van der Waals surface area contributed by atoms with Crippen molar-refractivity contribution in [2.75, 3.05) is 20.8 Å². The van der Waals surface area contributed by atoms with Crippen LogP contribution in [0.1, 0.15) is 18.4 Å². The van der Waals surface area contributed by atoms with Gasteiger partial charge in [0, 0.05) is 13.7 Å². The number of carboxylic acid groups (broad SMARTS) is 1. The zero-order valence-electron chi connectivity index (χ0n) is 12.5. The van der Waals surface area contributed by atoms with Crippen molar-refractivity contribution in [3.63, 3.8) is 0 Å². The van der Waals surface area contributed by atoms with Gasteiger partial charge in [-0.3, -0.25) is 4.79 Å². The molecule has 1 aliphatic heterocycles. The van der Waals surface area contributed by atoms with Crippen molar-refractivity contribution in [3.05, 3.63) is 23.8 Å². The number of aliphatic carboxylic acids is 1. The first-order valence-electron chi connectivity index (χ1n) is 6.82. The predicted molar refractivity (Wildman–Crippen MR) is 78.3 cm³/mol. The summed E-state index contributed by atoms with van der Waals surface area (Å²) in [5.41, 5.74) is 0.674. The molecule has 1 aliphatic rings. The van der Waals surface area contributed by atoms with Crippen LogP contribution in [0.3, 0.4) is 0 Å². The summed E-state index contributed by atoms with van der Waals surface area (Å²) in [4.78, 5) is 11.2. The number of carbonyl (C=O) groups is 1. The normalized spacial score (nSPS) is 19.3. The molecule has 7 nitrogen and oxygen atoms in total. The highest BCUT2D eigenvalue weighted by Gasteiger charge is 2.40. The summed E-state index contributed by atoms with van der Waals surface area (Å²) in [5.74, 6) is -0.941. The summed E-state index contributed by atoms with van der Waals surface area (Å²) in [6.07, 6.45) is 0.838. The Morgan fingerprint density at radius 3 is 2.73 bits per heavy atom. The van der Waals surface area contributed by atoms with Gasteiger partial charge in [-0.15, -0.1) is 0 Å². The lowest BCUT2D eigenvalue weighted by Crippen LogP contribution is -2.40. The SMILES string of the molecule is COCc1ccc(OC)c(S(=O)(=O)N2CCC[C@@H]2C(=O)O)c1. The molecule has 0 bridgehead atoms. The average Bonchev–Trinajstić information content (AvgIpc) is 2.98. The second-order valence-electron chi connectivity index (χ2n) is 5.03. The van der Waals surface area contributed by atoms with Gasteiger partial charge >= 0.3 is 5.97 Å². The van der Waals surface area contributed by atoms with Crippen molar-refractivity contribution in [2.45, 2.75) is 30.4 Å². The van der Waals surface area contributed by atoms with Crippen molar-refractivity contribution in [3.8, 4) is 5.75 Å². The van der Waals surface area contributed by atoms with E-state index in [2.05, 4.69) is 0 Å². The van der Waals surface area contributed by atoms with Crippen LogP contribution in [0.4, 0.5) is 0 Å². The Morgan fingerprint density at radius 1 is 1.41 bits per heavy atom. The van der Waals surface area contributed by atoms with Crippen molar-refractivity contribution >= 4 is 16.0 Å². The van der Waals surface area contributed by atoms with E-state index in [0.717, 1.165) is 4.31 Å². The molecule has 0 saturated carbocycles.